The summed E-state index contributed by atoms with van der Waals surface area (Å²) in [6.07, 6.45) is 1.38. The SMILES string of the molecule is Cc1ccc(N(CN2CCCC2=O)C(=O)c2ccccc2C)cc1Cl. The standard InChI is InChI=1S/C20H21ClN2O2/c1-14-6-3-4-7-17(14)20(25)23(13-22-11-5-8-19(22)24)16-10-9-15(2)18(21)12-16/h3-4,6-7,9-10,12H,5,8,11,13H2,1-2H3. The van der Waals surface area contributed by atoms with Gasteiger partial charge < -0.3 is 4.90 Å². The van der Waals surface area contributed by atoms with Gasteiger partial charge in [-0.05, 0) is 49.6 Å². The Bertz CT molecular complexity index is 819. The highest BCUT2D eigenvalue weighted by molar-refractivity contribution is 6.31. The molecule has 1 heterocycles. The largest absolute Gasteiger partial charge is 0.324 e. The molecule has 4 nitrogen and oxygen atoms in total. The van der Waals surface area contributed by atoms with Crippen molar-refractivity contribution in [2.24, 2.45) is 0 Å². The van der Waals surface area contributed by atoms with Gasteiger partial charge in [0.2, 0.25) is 5.91 Å². The van der Waals surface area contributed by atoms with E-state index in [1.807, 2.05) is 50.2 Å². The maximum Gasteiger partial charge on any atom is 0.260 e. The lowest BCUT2D eigenvalue weighted by Crippen LogP contribution is -2.42. The third-order valence-corrected chi connectivity index (χ3v) is 4.98. The molecule has 0 aliphatic carbocycles. The fourth-order valence-electron chi connectivity index (χ4n) is 3.00. The van der Waals surface area contributed by atoms with Gasteiger partial charge in [0, 0.05) is 29.2 Å². The quantitative estimate of drug-likeness (QED) is 0.824. The number of amides is 2. The summed E-state index contributed by atoms with van der Waals surface area (Å²) in [6.45, 7) is 4.75. The Kier molecular flexibility index (Phi) is 5.09. The van der Waals surface area contributed by atoms with Gasteiger partial charge in [0.1, 0.15) is 6.67 Å². The molecule has 0 spiro atoms. The Hall–Kier alpha value is -2.33. The molecule has 1 aliphatic heterocycles. The Morgan fingerprint density at radius 3 is 2.56 bits per heavy atom. The lowest BCUT2D eigenvalue weighted by molar-refractivity contribution is -0.127. The lowest BCUT2D eigenvalue weighted by atomic mass is 10.1. The predicted molar refractivity (Wildman–Crippen MR) is 100.0 cm³/mol. The van der Waals surface area contributed by atoms with Crippen molar-refractivity contribution >= 4 is 29.1 Å². The third kappa shape index (κ3) is 3.69. The number of halogens is 1. The summed E-state index contributed by atoms with van der Waals surface area (Å²) >= 11 is 6.27. The molecule has 0 N–H and O–H groups in total. The Balaban J connectivity index is 1.98. The molecule has 2 aromatic carbocycles. The molecule has 0 saturated carbocycles. The van der Waals surface area contributed by atoms with E-state index in [9.17, 15) is 9.59 Å². The maximum absolute atomic E-state index is 13.2. The first-order chi connectivity index (χ1) is 12.0. The van der Waals surface area contributed by atoms with E-state index in [0.717, 1.165) is 17.5 Å². The first-order valence-corrected chi connectivity index (χ1v) is 8.76. The van der Waals surface area contributed by atoms with Crippen molar-refractivity contribution in [1.29, 1.82) is 0 Å². The molecule has 2 amide bonds. The van der Waals surface area contributed by atoms with Crippen LogP contribution in [0.5, 0.6) is 0 Å². The highest BCUT2D eigenvalue weighted by atomic mass is 35.5. The van der Waals surface area contributed by atoms with Crippen LogP contribution in [0.4, 0.5) is 5.69 Å². The first kappa shape index (κ1) is 17.5. The summed E-state index contributed by atoms with van der Waals surface area (Å²) < 4.78 is 0. The van der Waals surface area contributed by atoms with Crippen LogP contribution in [0.1, 0.15) is 34.3 Å². The van der Waals surface area contributed by atoms with E-state index >= 15 is 0 Å². The number of rotatable bonds is 4. The van der Waals surface area contributed by atoms with E-state index in [0.29, 0.717) is 29.2 Å². The van der Waals surface area contributed by atoms with Crippen LogP contribution in [0.2, 0.25) is 5.02 Å². The molecule has 5 heteroatoms. The summed E-state index contributed by atoms with van der Waals surface area (Å²) in [7, 11) is 0. The number of likely N-dealkylation sites (tertiary alicyclic amines) is 1. The van der Waals surface area contributed by atoms with Crippen LogP contribution in [-0.2, 0) is 4.79 Å². The molecule has 0 bridgehead atoms. The van der Waals surface area contributed by atoms with Crippen molar-refractivity contribution in [3.05, 3.63) is 64.2 Å². The molecular weight excluding hydrogens is 336 g/mol. The average Bonchev–Trinajstić information content (AvgIpc) is 3.00. The average molecular weight is 357 g/mol. The number of nitrogens with zero attached hydrogens (tertiary/aromatic N) is 2. The normalized spacial score (nSPS) is 14.0. The van der Waals surface area contributed by atoms with Gasteiger partial charge in [0.15, 0.2) is 0 Å². The van der Waals surface area contributed by atoms with Crippen LogP contribution in [0, 0.1) is 13.8 Å². The van der Waals surface area contributed by atoms with Gasteiger partial charge in [-0.25, -0.2) is 0 Å². The number of carbonyl (C=O) groups is 2. The van der Waals surface area contributed by atoms with Crippen molar-refractivity contribution in [3.63, 3.8) is 0 Å². The molecule has 1 saturated heterocycles. The Labute approximate surface area is 153 Å². The Morgan fingerprint density at radius 1 is 1.16 bits per heavy atom. The molecule has 3 rings (SSSR count). The molecule has 1 aliphatic rings. The molecule has 0 aromatic heterocycles. The van der Waals surface area contributed by atoms with E-state index in [1.165, 1.54) is 0 Å². The van der Waals surface area contributed by atoms with Crippen molar-refractivity contribution in [1.82, 2.24) is 4.90 Å². The number of anilines is 1. The second-order valence-electron chi connectivity index (χ2n) is 6.38. The molecule has 2 aromatic rings. The zero-order valence-electron chi connectivity index (χ0n) is 14.5. The summed E-state index contributed by atoms with van der Waals surface area (Å²) in [6, 6.07) is 13.0. The van der Waals surface area contributed by atoms with E-state index in [2.05, 4.69) is 0 Å². The minimum atomic E-state index is -0.127. The van der Waals surface area contributed by atoms with Crippen LogP contribution < -0.4 is 4.90 Å². The van der Waals surface area contributed by atoms with Gasteiger partial charge in [-0.1, -0.05) is 35.9 Å². The zero-order valence-corrected chi connectivity index (χ0v) is 15.2. The summed E-state index contributed by atoms with van der Waals surface area (Å²) in [5, 5.41) is 0.604. The fraction of sp³-hybridized carbons (Fsp3) is 0.300. The second kappa shape index (κ2) is 7.28. The first-order valence-electron chi connectivity index (χ1n) is 8.39. The smallest absolute Gasteiger partial charge is 0.260 e. The van der Waals surface area contributed by atoms with Gasteiger partial charge in [-0.2, -0.15) is 0 Å². The van der Waals surface area contributed by atoms with Crippen LogP contribution >= 0.6 is 11.6 Å². The highest BCUT2D eigenvalue weighted by Crippen LogP contribution is 2.26. The topological polar surface area (TPSA) is 40.6 Å². The Morgan fingerprint density at radius 2 is 1.92 bits per heavy atom. The number of hydrogen-bond donors (Lipinski definition) is 0. The van der Waals surface area contributed by atoms with Gasteiger partial charge in [0.25, 0.3) is 5.91 Å². The van der Waals surface area contributed by atoms with Gasteiger partial charge in [-0.15, -0.1) is 0 Å². The van der Waals surface area contributed by atoms with Gasteiger partial charge in [0.05, 0.1) is 0 Å². The fourth-order valence-corrected chi connectivity index (χ4v) is 3.17. The van der Waals surface area contributed by atoms with Gasteiger partial charge >= 0.3 is 0 Å². The molecule has 0 radical (unpaired) electrons. The van der Waals surface area contributed by atoms with Crippen molar-refractivity contribution < 1.29 is 9.59 Å². The summed E-state index contributed by atoms with van der Waals surface area (Å²) in [4.78, 5) is 28.6. The third-order valence-electron chi connectivity index (χ3n) is 4.57. The van der Waals surface area contributed by atoms with Crippen LogP contribution in [0.15, 0.2) is 42.5 Å². The zero-order chi connectivity index (χ0) is 18.0. The van der Waals surface area contributed by atoms with E-state index in [1.54, 1.807) is 15.9 Å². The van der Waals surface area contributed by atoms with Crippen molar-refractivity contribution in [2.45, 2.75) is 26.7 Å². The van der Waals surface area contributed by atoms with Crippen LogP contribution in [0.25, 0.3) is 0 Å². The van der Waals surface area contributed by atoms with Crippen molar-refractivity contribution in [3.8, 4) is 0 Å². The summed E-state index contributed by atoms with van der Waals surface area (Å²) in [5.41, 5.74) is 3.18. The second-order valence-corrected chi connectivity index (χ2v) is 6.79. The minimum absolute atomic E-state index is 0.0841. The number of aryl methyl sites for hydroxylation is 2. The molecule has 0 unspecified atom stereocenters. The van der Waals surface area contributed by atoms with E-state index in [-0.39, 0.29) is 18.5 Å². The maximum atomic E-state index is 13.2. The molecule has 1 fully saturated rings. The molecule has 25 heavy (non-hydrogen) atoms. The van der Waals surface area contributed by atoms with E-state index in [4.69, 9.17) is 11.6 Å². The summed E-state index contributed by atoms with van der Waals surface area (Å²) in [5.74, 6) is -0.0430. The van der Waals surface area contributed by atoms with Gasteiger partial charge in [-0.3, -0.25) is 14.5 Å². The molecule has 0 atom stereocenters. The lowest BCUT2D eigenvalue weighted by Gasteiger charge is -2.29. The number of benzene rings is 2. The molecular formula is C20H21ClN2O2. The number of hydrogen-bond acceptors (Lipinski definition) is 2. The highest BCUT2D eigenvalue weighted by Gasteiger charge is 2.27. The number of carbonyl (C=O) groups excluding carboxylic acids is 2. The predicted octanol–water partition coefficient (Wildman–Crippen LogP) is 4.18. The monoisotopic (exact) mass is 356 g/mol. The van der Waals surface area contributed by atoms with Crippen LogP contribution in [-0.4, -0.2) is 29.9 Å². The van der Waals surface area contributed by atoms with Crippen LogP contribution in [0.3, 0.4) is 0 Å². The molecule has 130 valence electrons. The minimum Gasteiger partial charge on any atom is -0.324 e. The van der Waals surface area contributed by atoms with Crippen molar-refractivity contribution in [2.75, 3.05) is 18.1 Å². The van der Waals surface area contributed by atoms with E-state index < -0.39 is 0 Å².